The first-order valence-corrected chi connectivity index (χ1v) is 7.22. The van der Waals surface area contributed by atoms with Gasteiger partial charge in [0.1, 0.15) is 5.56 Å². The van der Waals surface area contributed by atoms with Crippen molar-refractivity contribution in [1.29, 1.82) is 0 Å². The molecule has 0 atom stereocenters. The van der Waals surface area contributed by atoms with Crippen molar-refractivity contribution in [2.24, 2.45) is 12.1 Å². The number of nitrogens with one attached hydrogen (secondary N) is 2. The minimum Gasteiger partial charge on any atom is -0.494 e. The highest BCUT2D eigenvalue weighted by molar-refractivity contribution is 7.71. The maximum absolute atomic E-state index is 11.6. The molecule has 1 rings (SSSR count). The van der Waals surface area contributed by atoms with Gasteiger partial charge in [0.05, 0.1) is 6.21 Å². The molecule has 0 aliphatic rings. The molecule has 1 heterocycles. The van der Waals surface area contributed by atoms with Crippen LogP contribution in [0.15, 0.2) is 9.90 Å². The first kappa shape index (κ1) is 17.1. The van der Waals surface area contributed by atoms with Gasteiger partial charge < -0.3 is 5.11 Å². The maximum Gasteiger partial charge on any atom is 0.264 e. The van der Waals surface area contributed by atoms with Gasteiger partial charge in [-0.1, -0.05) is 26.2 Å². The van der Waals surface area contributed by atoms with Crippen molar-refractivity contribution in [1.82, 2.24) is 15.0 Å². The van der Waals surface area contributed by atoms with Crippen molar-refractivity contribution in [2.75, 3.05) is 0 Å². The lowest BCUT2D eigenvalue weighted by Crippen LogP contribution is -2.20. The molecule has 0 saturated carbocycles. The Morgan fingerprint density at radius 3 is 2.86 bits per heavy atom. The molecule has 0 bridgehead atoms. The largest absolute Gasteiger partial charge is 0.494 e. The van der Waals surface area contributed by atoms with Crippen LogP contribution in [-0.2, 0) is 11.8 Å². The van der Waals surface area contributed by atoms with Gasteiger partial charge in [0.15, 0.2) is 4.77 Å². The fraction of sp³-hybridized carbons (Fsp3) is 0.538. The smallest absolute Gasteiger partial charge is 0.264 e. The van der Waals surface area contributed by atoms with E-state index >= 15 is 0 Å². The summed E-state index contributed by atoms with van der Waals surface area (Å²) >= 11 is 4.84. The number of nitrogens with zero attached hydrogens (tertiary/aromatic N) is 2. The van der Waals surface area contributed by atoms with Crippen LogP contribution >= 0.6 is 12.2 Å². The second kappa shape index (κ2) is 8.35. The molecule has 0 aliphatic carbocycles. The van der Waals surface area contributed by atoms with Crippen molar-refractivity contribution in [3.63, 3.8) is 0 Å². The molecule has 1 aromatic rings. The van der Waals surface area contributed by atoms with Gasteiger partial charge in [-0.05, 0) is 18.6 Å². The molecule has 8 heteroatoms. The molecule has 7 nitrogen and oxygen atoms in total. The van der Waals surface area contributed by atoms with E-state index < -0.39 is 5.56 Å². The second-order valence-corrected chi connectivity index (χ2v) is 5.05. The number of aromatic amines is 1. The normalized spacial score (nSPS) is 11.0. The quantitative estimate of drug-likeness (QED) is 0.308. The highest BCUT2D eigenvalue weighted by Gasteiger charge is 2.08. The number of aromatic nitrogens is 2. The Morgan fingerprint density at radius 1 is 1.48 bits per heavy atom. The van der Waals surface area contributed by atoms with Crippen LogP contribution < -0.4 is 11.0 Å². The minimum atomic E-state index is -0.559. The van der Waals surface area contributed by atoms with Crippen LogP contribution in [0.1, 0.15) is 44.6 Å². The fourth-order valence-corrected chi connectivity index (χ4v) is 1.86. The van der Waals surface area contributed by atoms with Crippen molar-refractivity contribution < 1.29 is 9.90 Å². The molecule has 3 N–H and O–H groups in total. The summed E-state index contributed by atoms with van der Waals surface area (Å²) in [6.07, 6.45) is 5.51. The Balaban J connectivity index is 2.62. The van der Waals surface area contributed by atoms with Crippen LogP contribution in [0.25, 0.3) is 0 Å². The summed E-state index contributed by atoms with van der Waals surface area (Å²) in [7, 11) is 1.51. The Kier molecular flexibility index (Phi) is 6.80. The van der Waals surface area contributed by atoms with Crippen LogP contribution in [-0.4, -0.2) is 26.8 Å². The number of aromatic hydroxyl groups is 1. The molecule has 21 heavy (non-hydrogen) atoms. The molecule has 0 fully saturated rings. The highest BCUT2D eigenvalue weighted by Crippen LogP contribution is 2.08. The number of unbranched alkanes of at least 4 members (excludes halogenated alkanes) is 3. The summed E-state index contributed by atoms with van der Waals surface area (Å²) in [6.45, 7) is 2.10. The molecule has 0 saturated heterocycles. The lowest BCUT2D eigenvalue weighted by Gasteiger charge is -2.04. The van der Waals surface area contributed by atoms with E-state index in [0.29, 0.717) is 6.42 Å². The SMILES string of the molecule is CCCCCCC(=O)NN=Cc1c(O)n(C)c(=S)[nH]c1=O. The molecule has 0 aliphatic heterocycles. The van der Waals surface area contributed by atoms with E-state index in [4.69, 9.17) is 12.2 Å². The fourth-order valence-electron chi connectivity index (χ4n) is 1.68. The maximum atomic E-state index is 11.6. The average Bonchev–Trinajstić information content (AvgIpc) is 2.45. The zero-order valence-corrected chi connectivity index (χ0v) is 13.0. The molecule has 0 aromatic carbocycles. The third kappa shape index (κ3) is 5.14. The zero-order chi connectivity index (χ0) is 15.8. The van der Waals surface area contributed by atoms with Crippen molar-refractivity contribution in [3.05, 3.63) is 20.7 Å². The standard InChI is InChI=1S/C13H20N4O3S/c1-3-4-5-6-7-10(18)16-14-8-9-11(19)15-13(21)17(2)12(9)20/h8,20H,3-7H2,1-2H3,(H,16,18)(H,15,19,21). The minimum absolute atomic E-state index is 0.0580. The van der Waals surface area contributed by atoms with Crippen molar-refractivity contribution in [2.45, 2.75) is 39.0 Å². The highest BCUT2D eigenvalue weighted by atomic mass is 32.1. The predicted molar refractivity (Wildman–Crippen MR) is 83.0 cm³/mol. The summed E-state index contributed by atoms with van der Waals surface area (Å²) in [4.78, 5) is 25.5. The third-order valence-corrected chi connectivity index (χ3v) is 3.34. The second-order valence-electron chi connectivity index (χ2n) is 4.66. The van der Waals surface area contributed by atoms with Gasteiger partial charge in [-0.15, -0.1) is 0 Å². The van der Waals surface area contributed by atoms with E-state index in [1.165, 1.54) is 11.6 Å². The van der Waals surface area contributed by atoms with Crippen LogP contribution in [0.4, 0.5) is 0 Å². The molecule has 0 spiro atoms. The molecule has 116 valence electrons. The number of hydrazone groups is 1. The van der Waals surface area contributed by atoms with Crippen LogP contribution in [0.3, 0.4) is 0 Å². The Hall–Kier alpha value is -1.96. The van der Waals surface area contributed by atoms with Gasteiger partial charge in [0.25, 0.3) is 5.56 Å². The summed E-state index contributed by atoms with van der Waals surface area (Å²) in [5.41, 5.74) is 1.71. The molecular formula is C13H20N4O3S. The van der Waals surface area contributed by atoms with Gasteiger partial charge in [-0.25, -0.2) is 5.43 Å². The van der Waals surface area contributed by atoms with Crippen LogP contribution in [0, 0.1) is 4.77 Å². The van der Waals surface area contributed by atoms with Crippen molar-refractivity contribution >= 4 is 24.3 Å². The lowest BCUT2D eigenvalue weighted by molar-refractivity contribution is -0.121. The third-order valence-electron chi connectivity index (χ3n) is 2.97. The first-order valence-electron chi connectivity index (χ1n) is 6.81. The summed E-state index contributed by atoms with van der Waals surface area (Å²) < 4.78 is 1.35. The average molecular weight is 312 g/mol. The molecule has 0 unspecified atom stereocenters. The molecular weight excluding hydrogens is 292 g/mol. The van der Waals surface area contributed by atoms with E-state index in [9.17, 15) is 14.7 Å². The van der Waals surface area contributed by atoms with Gasteiger partial charge in [0.2, 0.25) is 11.8 Å². The topological polar surface area (TPSA) is 99.5 Å². The number of hydrogen-bond donors (Lipinski definition) is 3. The Morgan fingerprint density at radius 2 is 2.19 bits per heavy atom. The van der Waals surface area contributed by atoms with E-state index in [2.05, 4.69) is 22.4 Å². The summed E-state index contributed by atoms with van der Waals surface area (Å²) in [5, 5.41) is 13.5. The lowest BCUT2D eigenvalue weighted by atomic mass is 10.1. The van der Waals surface area contributed by atoms with E-state index in [1.807, 2.05) is 0 Å². The number of amides is 1. The number of carbonyl (C=O) groups is 1. The molecule has 1 aromatic heterocycles. The van der Waals surface area contributed by atoms with Crippen LogP contribution in [0.5, 0.6) is 5.88 Å². The van der Waals surface area contributed by atoms with Gasteiger partial charge in [0, 0.05) is 13.5 Å². The van der Waals surface area contributed by atoms with Gasteiger partial charge in [-0.2, -0.15) is 5.10 Å². The Labute approximate surface area is 127 Å². The van der Waals surface area contributed by atoms with Crippen LogP contribution in [0.2, 0.25) is 0 Å². The monoisotopic (exact) mass is 312 g/mol. The molecule has 0 radical (unpaired) electrons. The van der Waals surface area contributed by atoms with Gasteiger partial charge in [-0.3, -0.25) is 19.1 Å². The van der Waals surface area contributed by atoms with Crippen molar-refractivity contribution in [3.8, 4) is 5.88 Å². The van der Waals surface area contributed by atoms with E-state index in [1.54, 1.807) is 0 Å². The summed E-state index contributed by atoms with van der Waals surface area (Å²) in [5.74, 6) is -0.521. The number of hydrogen-bond acceptors (Lipinski definition) is 5. The first-order chi connectivity index (χ1) is 9.97. The van der Waals surface area contributed by atoms with Gasteiger partial charge >= 0.3 is 0 Å². The Bertz CT molecular complexity index is 633. The molecule has 1 amide bonds. The number of H-pyrrole nitrogens is 1. The number of carbonyl (C=O) groups excluding carboxylic acids is 1. The number of rotatable bonds is 7. The van der Waals surface area contributed by atoms with E-state index in [0.717, 1.165) is 31.9 Å². The van der Waals surface area contributed by atoms with E-state index in [-0.39, 0.29) is 22.1 Å². The zero-order valence-electron chi connectivity index (χ0n) is 12.2. The summed E-state index contributed by atoms with van der Waals surface area (Å²) in [6, 6.07) is 0. The predicted octanol–water partition coefficient (Wildman–Crippen LogP) is 1.57.